The van der Waals surface area contributed by atoms with Gasteiger partial charge in [-0.1, -0.05) is 18.2 Å². The van der Waals surface area contributed by atoms with Crippen LogP contribution in [-0.2, 0) is 9.84 Å². The summed E-state index contributed by atoms with van der Waals surface area (Å²) in [5.41, 5.74) is -0.189. The van der Waals surface area contributed by atoms with Crippen molar-refractivity contribution in [2.45, 2.75) is 6.04 Å². The molecule has 1 aromatic carbocycles. The first-order chi connectivity index (χ1) is 9.03. The monoisotopic (exact) mass is 276 g/mol. The molecule has 0 saturated carbocycles. The van der Waals surface area contributed by atoms with E-state index < -0.39 is 9.84 Å². The van der Waals surface area contributed by atoms with Crippen molar-refractivity contribution >= 4 is 26.4 Å². The molecule has 6 heteroatoms. The number of pyridine rings is 1. The molecule has 1 unspecified atom stereocenters. The summed E-state index contributed by atoms with van der Waals surface area (Å²) in [4.78, 5) is 14.6. The summed E-state index contributed by atoms with van der Waals surface area (Å²) < 4.78 is 22.6. The molecular formula is C13H12N2O3S. The first kappa shape index (κ1) is 12.0. The molecule has 19 heavy (non-hydrogen) atoms. The zero-order valence-corrected chi connectivity index (χ0v) is 10.8. The number of hydrogen-bond donors (Lipinski definition) is 2. The van der Waals surface area contributed by atoms with Crippen molar-refractivity contribution in [3.8, 4) is 0 Å². The third-order valence-electron chi connectivity index (χ3n) is 3.02. The molecule has 0 fully saturated rings. The highest BCUT2D eigenvalue weighted by atomic mass is 32.2. The van der Waals surface area contributed by atoms with Crippen LogP contribution in [-0.4, -0.2) is 25.2 Å². The largest absolute Gasteiger partial charge is 0.364 e. The number of fused-ring (bicyclic) bond motifs is 1. The van der Waals surface area contributed by atoms with Crippen LogP contribution >= 0.6 is 0 Å². The number of aromatic amines is 1. The number of rotatable bonds is 2. The van der Waals surface area contributed by atoms with E-state index in [0.717, 1.165) is 5.39 Å². The minimum atomic E-state index is -3.10. The third-order valence-corrected chi connectivity index (χ3v) is 4.42. The quantitative estimate of drug-likeness (QED) is 0.865. The van der Waals surface area contributed by atoms with Crippen LogP contribution in [0.15, 0.2) is 46.6 Å². The molecule has 0 saturated heterocycles. The van der Waals surface area contributed by atoms with Gasteiger partial charge in [-0.05, 0) is 23.6 Å². The molecule has 3 rings (SSSR count). The zero-order valence-electron chi connectivity index (χ0n) is 9.96. The molecule has 2 aromatic rings. The van der Waals surface area contributed by atoms with E-state index in [1.807, 2.05) is 12.1 Å². The first-order valence-electron chi connectivity index (χ1n) is 5.83. The maximum atomic E-state index is 11.9. The molecule has 0 aliphatic carbocycles. The van der Waals surface area contributed by atoms with Crippen LogP contribution in [0, 0.1) is 0 Å². The van der Waals surface area contributed by atoms with Crippen LogP contribution < -0.4 is 10.9 Å². The van der Waals surface area contributed by atoms with Gasteiger partial charge < -0.3 is 10.3 Å². The van der Waals surface area contributed by atoms with Crippen molar-refractivity contribution in [2.75, 3.05) is 11.1 Å². The van der Waals surface area contributed by atoms with E-state index in [0.29, 0.717) is 11.2 Å². The predicted molar refractivity (Wildman–Crippen MR) is 74.9 cm³/mol. The Bertz CT molecular complexity index is 821. The van der Waals surface area contributed by atoms with Gasteiger partial charge in [-0.3, -0.25) is 4.79 Å². The van der Waals surface area contributed by atoms with Gasteiger partial charge in [-0.2, -0.15) is 0 Å². The Morgan fingerprint density at radius 3 is 2.79 bits per heavy atom. The van der Waals surface area contributed by atoms with Gasteiger partial charge in [0.15, 0.2) is 9.84 Å². The summed E-state index contributed by atoms with van der Waals surface area (Å²) in [5, 5.41) is 5.64. The molecule has 5 nitrogen and oxygen atoms in total. The highest BCUT2D eigenvalue weighted by Gasteiger charge is 2.21. The molecule has 0 radical (unpaired) electrons. The van der Waals surface area contributed by atoms with Crippen molar-refractivity contribution < 1.29 is 8.42 Å². The standard InChI is InChI=1S/C13H12N2O3S/c16-13-11-4-2-1-3-9(11)7-12(15-13)14-10-5-6-19(17,18)8-10/h1-7,10H,8H2,(H2,14,15,16). The van der Waals surface area contributed by atoms with Gasteiger partial charge in [-0.25, -0.2) is 8.42 Å². The van der Waals surface area contributed by atoms with Gasteiger partial charge in [-0.15, -0.1) is 0 Å². The second kappa shape index (κ2) is 4.24. The van der Waals surface area contributed by atoms with E-state index in [4.69, 9.17) is 0 Å². The van der Waals surface area contributed by atoms with E-state index in [9.17, 15) is 13.2 Å². The van der Waals surface area contributed by atoms with Crippen molar-refractivity contribution in [1.82, 2.24) is 4.98 Å². The Kier molecular flexibility index (Phi) is 2.67. The van der Waals surface area contributed by atoms with E-state index in [1.54, 1.807) is 24.3 Å². The van der Waals surface area contributed by atoms with Crippen LogP contribution in [0.2, 0.25) is 0 Å². The highest BCUT2D eigenvalue weighted by molar-refractivity contribution is 7.94. The zero-order chi connectivity index (χ0) is 13.5. The molecular weight excluding hydrogens is 264 g/mol. The van der Waals surface area contributed by atoms with Crippen LogP contribution in [0.25, 0.3) is 10.8 Å². The van der Waals surface area contributed by atoms with Gasteiger partial charge in [0.1, 0.15) is 5.82 Å². The molecule has 1 aliphatic rings. The van der Waals surface area contributed by atoms with E-state index >= 15 is 0 Å². The van der Waals surface area contributed by atoms with Gasteiger partial charge in [0.05, 0.1) is 11.8 Å². The van der Waals surface area contributed by atoms with Crippen molar-refractivity contribution in [1.29, 1.82) is 0 Å². The fourth-order valence-electron chi connectivity index (χ4n) is 2.15. The molecule has 0 spiro atoms. The average molecular weight is 276 g/mol. The lowest BCUT2D eigenvalue weighted by Gasteiger charge is -2.11. The average Bonchev–Trinajstić information content (AvgIpc) is 2.69. The molecule has 1 aromatic heterocycles. The lowest BCUT2D eigenvalue weighted by molar-refractivity contribution is 0.605. The smallest absolute Gasteiger partial charge is 0.257 e. The highest BCUT2D eigenvalue weighted by Crippen LogP contribution is 2.16. The summed E-state index contributed by atoms with van der Waals surface area (Å²) >= 11 is 0. The first-order valence-corrected chi connectivity index (χ1v) is 7.55. The maximum absolute atomic E-state index is 11.9. The predicted octanol–water partition coefficient (Wildman–Crippen LogP) is 1.25. The van der Waals surface area contributed by atoms with Gasteiger partial charge in [0.25, 0.3) is 5.56 Å². The molecule has 0 bridgehead atoms. The maximum Gasteiger partial charge on any atom is 0.257 e. The summed E-state index contributed by atoms with van der Waals surface area (Å²) in [6, 6.07) is 8.74. The molecule has 0 amide bonds. The van der Waals surface area contributed by atoms with Crippen LogP contribution in [0.5, 0.6) is 0 Å². The Labute approximate surface area is 109 Å². The molecule has 1 aliphatic heterocycles. The van der Waals surface area contributed by atoms with Crippen LogP contribution in [0.1, 0.15) is 0 Å². The minimum absolute atomic E-state index is 0.0157. The Hall–Kier alpha value is -2.08. The van der Waals surface area contributed by atoms with Crippen molar-refractivity contribution in [3.63, 3.8) is 0 Å². The topological polar surface area (TPSA) is 79.0 Å². The number of nitrogens with one attached hydrogen (secondary N) is 2. The second-order valence-corrected chi connectivity index (χ2v) is 6.44. The lowest BCUT2D eigenvalue weighted by Crippen LogP contribution is -2.23. The van der Waals surface area contributed by atoms with E-state index in [2.05, 4.69) is 10.3 Å². The number of H-pyrrole nitrogens is 1. The molecule has 2 N–H and O–H groups in total. The van der Waals surface area contributed by atoms with Crippen LogP contribution in [0.4, 0.5) is 5.82 Å². The number of hydrogen-bond acceptors (Lipinski definition) is 4. The Balaban J connectivity index is 1.95. The van der Waals surface area contributed by atoms with Gasteiger partial charge in [0, 0.05) is 10.8 Å². The summed E-state index contributed by atoms with van der Waals surface area (Å²) in [7, 11) is -3.10. The second-order valence-electron chi connectivity index (χ2n) is 4.51. The summed E-state index contributed by atoms with van der Waals surface area (Å²) in [5.74, 6) is 0.539. The summed E-state index contributed by atoms with van der Waals surface area (Å²) in [6.45, 7) is 0. The van der Waals surface area contributed by atoms with Gasteiger partial charge in [0.2, 0.25) is 0 Å². The van der Waals surface area contributed by atoms with Crippen molar-refractivity contribution in [3.05, 3.63) is 52.2 Å². The third kappa shape index (κ3) is 2.39. The lowest BCUT2D eigenvalue weighted by atomic mass is 10.2. The molecule has 98 valence electrons. The molecule has 1 atom stereocenters. The Morgan fingerprint density at radius 2 is 2.05 bits per heavy atom. The number of aromatic nitrogens is 1. The van der Waals surface area contributed by atoms with Gasteiger partial charge >= 0.3 is 0 Å². The number of anilines is 1. The number of sulfone groups is 1. The normalized spacial score (nSPS) is 20.7. The van der Waals surface area contributed by atoms with Crippen LogP contribution in [0.3, 0.4) is 0 Å². The fourth-order valence-corrected chi connectivity index (χ4v) is 3.39. The Morgan fingerprint density at radius 1 is 1.26 bits per heavy atom. The summed E-state index contributed by atoms with van der Waals surface area (Å²) in [6.07, 6.45) is 1.59. The van der Waals surface area contributed by atoms with E-state index in [-0.39, 0.29) is 17.4 Å². The van der Waals surface area contributed by atoms with Crippen molar-refractivity contribution in [2.24, 2.45) is 0 Å². The molecule has 2 heterocycles. The fraction of sp³-hybridized carbons (Fsp3) is 0.154. The number of benzene rings is 1. The SMILES string of the molecule is O=c1[nH]c(NC2C=CS(=O)(=O)C2)cc2ccccc12. The minimum Gasteiger partial charge on any atom is -0.364 e. The van der Waals surface area contributed by atoms with E-state index in [1.165, 1.54) is 5.41 Å².